The zero-order chi connectivity index (χ0) is 22.3. The lowest BCUT2D eigenvalue weighted by Gasteiger charge is -2.30. The fraction of sp³-hybridized carbons (Fsp3) is 0.333. The van der Waals surface area contributed by atoms with Crippen LogP contribution in [0.2, 0.25) is 0 Å². The maximum absolute atomic E-state index is 13.0. The molecular formula is C24H25NO5S. The molecule has 2 aromatic rings. The molecule has 0 spiro atoms. The Balaban J connectivity index is 1.87. The third kappa shape index (κ3) is 3.90. The molecular weight excluding hydrogens is 414 g/mol. The van der Waals surface area contributed by atoms with Gasteiger partial charge in [0.25, 0.3) is 11.7 Å². The Morgan fingerprint density at radius 1 is 1.03 bits per heavy atom. The van der Waals surface area contributed by atoms with Gasteiger partial charge < -0.3 is 10.0 Å². The van der Waals surface area contributed by atoms with E-state index in [1.807, 2.05) is 24.3 Å². The number of hydrogen-bond donors (Lipinski definition) is 1. The molecule has 1 amide bonds. The van der Waals surface area contributed by atoms with Crippen molar-refractivity contribution in [3.8, 4) is 0 Å². The molecule has 6 nitrogen and oxygen atoms in total. The molecule has 2 heterocycles. The molecule has 31 heavy (non-hydrogen) atoms. The van der Waals surface area contributed by atoms with E-state index in [1.165, 1.54) is 4.90 Å². The smallest absolute Gasteiger partial charge is 0.295 e. The summed E-state index contributed by atoms with van der Waals surface area (Å²) in [6.45, 7) is 4.14. The summed E-state index contributed by atoms with van der Waals surface area (Å²) < 4.78 is 24.2. The molecule has 0 saturated carbocycles. The Kier molecular flexibility index (Phi) is 5.47. The number of aliphatic hydroxyl groups excluding tert-OH is 1. The summed E-state index contributed by atoms with van der Waals surface area (Å²) in [7, 11) is -3.27. The summed E-state index contributed by atoms with van der Waals surface area (Å²) >= 11 is 0. The first-order chi connectivity index (χ1) is 14.7. The molecule has 2 fully saturated rings. The highest BCUT2D eigenvalue weighted by Gasteiger charge is 2.50. The fourth-order valence-electron chi connectivity index (χ4n) is 4.36. The van der Waals surface area contributed by atoms with Crippen molar-refractivity contribution in [1.82, 2.24) is 4.90 Å². The highest BCUT2D eigenvalue weighted by atomic mass is 32.2. The molecule has 2 saturated heterocycles. The summed E-state index contributed by atoms with van der Waals surface area (Å²) in [6, 6.07) is 14.7. The van der Waals surface area contributed by atoms with E-state index >= 15 is 0 Å². The van der Waals surface area contributed by atoms with E-state index in [4.69, 9.17) is 0 Å². The summed E-state index contributed by atoms with van der Waals surface area (Å²) in [4.78, 5) is 27.5. The van der Waals surface area contributed by atoms with Crippen LogP contribution in [-0.4, -0.2) is 47.7 Å². The minimum Gasteiger partial charge on any atom is -0.507 e. The monoisotopic (exact) mass is 439 g/mol. The van der Waals surface area contributed by atoms with Crippen LogP contribution in [0.4, 0.5) is 0 Å². The van der Waals surface area contributed by atoms with E-state index in [9.17, 15) is 23.1 Å². The lowest BCUT2D eigenvalue weighted by molar-refractivity contribution is -0.141. The van der Waals surface area contributed by atoms with Crippen LogP contribution in [0.3, 0.4) is 0 Å². The van der Waals surface area contributed by atoms with Gasteiger partial charge in [-0.05, 0) is 23.5 Å². The molecule has 2 aliphatic heterocycles. The summed E-state index contributed by atoms with van der Waals surface area (Å²) in [5.74, 6) is -1.68. The predicted octanol–water partition coefficient (Wildman–Crippen LogP) is 3.42. The van der Waals surface area contributed by atoms with Gasteiger partial charge in [-0.25, -0.2) is 8.42 Å². The molecule has 0 bridgehead atoms. The van der Waals surface area contributed by atoms with Crippen molar-refractivity contribution in [3.63, 3.8) is 0 Å². The van der Waals surface area contributed by atoms with Crippen LogP contribution < -0.4 is 0 Å². The number of carbonyl (C=O) groups excluding carboxylic acids is 2. The first-order valence-corrected chi connectivity index (χ1v) is 12.2. The van der Waals surface area contributed by atoms with E-state index in [-0.39, 0.29) is 29.3 Å². The van der Waals surface area contributed by atoms with Gasteiger partial charge in [-0.15, -0.1) is 0 Å². The third-order valence-corrected chi connectivity index (χ3v) is 7.80. The number of benzene rings is 2. The fourth-order valence-corrected chi connectivity index (χ4v) is 6.07. The van der Waals surface area contributed by atoms with E-state index in [0.29, 0.717) is 17.0 Å². The summed E-state index contributed by atoms with van der Waals surface area (Å²) in [6.07, 6.45) is 0.279. The third-order valence-electron chi connectivity index (χ3n) is 6.05. The largest absolute Gasteiger partial charge is 0.507 e. The van der Waals surface area contributed by atoms with Gasteiger partial charge in [0.15, 0.2) is 9.84 Å². The lowest BCUT2D eigenvalue weighted by atomic mass is 9.92. The van der Waals surface area contributed by atoms with Crippen molar-refractivity contribution in [1.29, 1.82) is 0 Å². The van der Waals surface area contributed by atoms with Crippen molar-refractivity contribution in [3.05, 3.63) is 76.9 Å². The molecule has 162 valence electrons. The van der Waals surface area contributed by atoms with Crippen molar-refractivity contribution in [2.45, 2.75) is 38.3 Å². The molecule has 0 aromatic heterocycles. The van der Waals surface area contributed by atoms with E-state index in [1.54, 1.807) is 30.3 Å². The molecule has 2 atom stereocenters. The number of ketones is 1. The Morgan fingerprint density at radius 3 is 2.23 bits per heavy atom. The maximum atomic E-state index is 13.0. The van der Waals surface area contributed by atoms with Crippen molar-refractivity contribution >= 4 is 27.3 Å². The molecule has 2 unspecified atom stereocenters. The lowest BCUT2D eigenvalue weighted by Crippen LogP contribution is -2.40. The van der Waals surface area contributed by atoms with E-state index in [2.05, 4.69) is 13.8 Å². The van der Waals surface area contributed by atoms with Gasteiger partial charge in [0.2, 0.25) is 0 Å². The Bertz CT molecular complexity index is 1150. The predicted molar refractivity (Wildman–Crippen MR) is 118 cm³/mol. The molecule has 4 rings (SSSR count). The molecule has 2 aliphatic rings. The Hall–Kier alpha value is -2.93. The van der Waals surface area contributed by atoms with Crippen molar-refractivity contribution < 1.29 is 23.1 Å². The van der Waals surface area contributed by atoms with Crippen LogP contribution in [0, 0.1) is 0 Å². The zero-order valence-electron chi connectivity index (χ0n) is 17.5. The van der Waals surface area contributed by atoms with Gasteiger partial charge in [-0.2, -0.15) is 0 Å². The standard InChI is InChI=1S/C24H25NO5S/c1-15(2)16-8-10-17(11-9-16)21-20(22(26)18-6-4-3-5-7-18)23(27)24(28)25(21)19-12-13-31(29,30)14-19/h3-11,15,19,21,26H,12-14H2,1-2H3. The first kappa shape index (κ1) is 21.3. The van der Waals surface area contributed by atoms with Gasteiger partial charge in [-0.3, -0.25) is 9.59 Å². The number of carbonyl (C=O) groups is 2. The molecule has 2 aromatic carbocycles. The first-order valence-electron chi connectivity index (χ1n) is 10.4. The average molecular weight is 440 g/mol. The number of hydrogen-bond acceptors (Lipinski definition) is 5. The van der Waals surface area contributed by atoms with Crippen LogP contribution in [0.1, 0.15) is 48.9 Å². The topological polar surface area (TPSA) is 91.8 Å². The van der Waals surface area contributed by atoms with Crippen molar-refractivity contribution in [2.24, 2.45) is 0 Å². The quantitative estimate of drug-likeness (QED) is 0.448. The molecule has 1 N–H and O–H groups in total. The summed E-state index contributed by atoms with van der Waals surface area (Å²) in [5.41, 5.74) is 2.21. The summed E-state index contributed by atoms with van der Waals surface area (Å²) in [5, 5.41) is 11.0. The number of sulfone groups is 1. The second kappa shape index (κ2) is 7.96. The number of likely N-dealkylation sites (tertiary alicyclic amines) is 1. The number of rotatable bonds is 4. The van der Waals surface area contributed by atoms with Crippen molar-refractivity contribution in [2.75, 3.05) is 11.5 Å². The van der Waals surface area contributed by atoms with Crippen LogP contribution >= 0.6 is 0 Å². The zero-order valence-corrected chi connectivity index (χ0v) is 18.3. The van der Waals surface area contributed by atoms with E-state index in [0.717, 1.165) is 5.56 Å². The van der Waals surface area contributed by atoms with Gasteiger partial charge in [-0.1, -0.05) is 68.4 Å². The van der Waals surface area contributed by atoms with Crippen LogP contribution in [0.25, 0.3) is 5.76 Å². The highest BCUT2D eigenvalue weighted by molar-refractivity contribution is 7.91. The molecule has 0 aliphatic carbocycles. The van der Waals surface area contributed by atoms with Crippen LogP contribution in [0.5, 0.6) is 0 Å². The van der Waals surface area contributed by atoms with Gasteiger partial charge >= 0.3 is 0 Å². The second-order valence-electron chi connectivity index (χ2n) is 8.45. The SMILES string of the molecule is CC(C)c1ccc(C2C(=C(O)c3ccccc3)C(=O)C(=O)N2C2CCS(=O)(=O)C2)cc1. The number of amides is 1. The maximum Gasteiger partial charge on any atom is 0.295 e. The average Bonchev–Trinajstić information content (AvgIpc) is 3.24. The van der Waals surface area contributed by atoms with Crippen LogP contribution in [-0.2, 0) is 19.4 Å². The minimum absolute atomic E-state index is 0.00204. The number of Topliss-reactive ketones (excluding diaryl/α,β-unsaturated/α-hetero) is 1. The Morgan fingerprint density at radius 2 is 1.68 bits per heavy atom. The Labute approximate surface area is 182 Å². The normalized spacial score (nSPS) is 24.8. The van der Waals surface area contributed by atoms with Gasteiger partial charge in [0, 0.05) is 11.6 Å². The number of aliphatic hydroxyl groups is 1. The van der Waals surface area contributed by atoms with E-state index < -0.39 is 33.6 Å². The van der Waals surface area contributed by atoms with Gasteiger partial charge in [0.1, 0.15) is 5.76 Å². The second-order valence-corrected chi connectivity index (χ2v) is 10.7. The van der Waals surface area contributed by atoms with Gasteiger partial charge in [0.05, 0.1) is 23.1 Å². The number of nitrogens with zero attached hydrogens (tertiary/aromatic N) is 1. The van der Waals surface area contributed by atoms with Crippen LogP contribution in [0.15, 0.2) is 60.2 Å². The highest BCUT2D eigenvalue weighted by Crippen LogP contribution is 2.42. The minimum atomic E-state index is -3.27. The molecule has 0 radical (unpaired) electrons. The molecule has 7 heteroatoms.